The van der Waals surface area contributed by atoms with Crippen molar-refractivity contribution in [1.29, 1.82) is 0 Å². The molecule has 3 amide bonds. The highest BCUT2D eigenvalue weighted by molar-refractivity contribution is 6.01. The largest absolute Gasteiger partial charge is 0.416 e. The Morgan fingerprint density at radius 3 is 2.29 bits per heavy atom. The molecule has 3 fully saturated rings. The molecule has 4 heterocycles. The molecule has 1 aliphatic carbocycles. The number of amides is 3. The fourth-order valence-electron chi connectivity index (χ4n) is 8.94. The minimum Gasteiger partial charge on any atom is -0.336 e. The van der Waals surface area contributed by atoms with Crippen molar-refractivity contribution in [2.45, 2.75) is 108 Å². The summed E-state index contributed by atoms with van der Waals surface area (Å²) in [6.07, 6.45) is 7.31. The van der Waals surface area contributed by atoms with Crippen molar-refractivity contribution in [1.82, 2.24) is 19.4 Å². The van der Waals surface area contributed by atoms with Gasteiger partial charge >= 0.3 is 12.2 Å². The molecule has 11 heteroatoms. The Balaban J connectivity index is 0.969. The van der Waals surface area contributed by atoms with Crippen LogP contribution >= 0.6 is 0 Å². The molecule has 1 aromatic heterocycles. The summed E-state index contributed by atoms with van der Waals surface area (Å²) < 4.78 is 41.6. The van der Waals surface area contributed by atoms with Gasteiger partial charge in [0, 0.05) is 67.2 Å². The zero-order valence-electron chi connectivity index (χ0n) is 28.3. The van der Waals surface area contributed by atoms with Gasteiger partial charge in [-0.2, -0.15) is 13.2 Å². The first-order chi connectivity index (χ1) is 23.7. The summed E-state index contributed by atoms with van der Waals surface area (Å²) in [5.41, 5.74) is 2.71. The maximum atomic E-state index is 13.4. The van der Waals surface area contributed by atoms with Gasteiger partial charge in [-0.15, -0.1) is 0 Å². The molecule has 3 aliphatic heterocycles. The molecule has 8 nitrogen and oxygen atoms in total. The van der Waals surface area contributed by atoms with Crippen LogP contribution in [0.15, 0.2) is 54.6 Å². The van der Waals surface area contributed by atoms with Crippen LogP contribution in [0, 0.1) is 12.8 Å². The predicted octanol–water partition coefficient (Wildman–Crippen LogP) is 7.97. The van der Waals surface area contributed by atoms with E-state index in [2.05, 4.69) is 26.6 Å². The minimum atomic E-state index is -4.43. The molecular formula is C38H47F3N6O2. The summed E-state index contributed by atoms with van der Waals surface area (Å²) in [6.45, 7) is 4.89. The number of benzene rings is 2. The third-order valence-electron chi connectivity index (χ3n) is 11.3. The molecule has 0 radical (unpaired) electrons. The number of nitrogens with one attached hydrogen (secondary N) is 1. The molecule has 0 spiro atoms. The second-order valence-corrected chi connectivity index (χ2v) is 14.4. The van der Waals surface area contributed by atoms with E-state index in [1.165, 1.54) is 24.2 Å². The number of hydrogen-bond donors (Lipinski definition) is 1. The number of halogens is 3. The fraction of sp³-hybridized carbons (Fsp3) is 0.553. The number of nitrogens with zero attached hydrogens (tertiary/aromatic N) is 5. The Bertz CT molecular complexity index is 1600. The number of hydrogen-bond acceptors (Lipinski definition) is 4. The average Bonchev–Trinajstić information content (AvgIpc) is 3.55. The van der Waals surface area contributed by atoms with Gasteiger partial charge in [0.1, 0.15) is 5.82 Å². The van der Waals surface area contributed by atoms with E-state index in [0.717, 1.165) is 107 Å². The second kappa shape index (κ2) is 14.2. The molecule has 0 unspecified atom stereocenters. The lowest BCUT2D eigenvalue weighted by atomic mass is 9.88. The Labute approximate surface area is 286 Å². The van der Waals surface area contributed by atoms with Crippen molar-refractivity contribution >= 4 is 23.3 Å². The number of para-hydroxylation sites is 1. The first-order valence-corrected chi connectivity index (χ1v) is 18.1. The number of urea groups is 1. The molecule has 7 rings (SSSR count). The van der Waals surface area contributed by atoms with Gasteiger partial charge in [-0.1, -0.05) is 37.5 Å². The SMILES string of the molecule is Cc1nc2c(n1C1C[C@H]3CC[C@H](C1)N3CCCN(C(=O)Nc1ccc(C(F)(F)F)cc1)c1ccccc1)CCN(C(=O)C1CCCCC1)C2. The normalized spacial score (nSPS) is 22.9. The van der Waals surface area contributed by atoms with Crippen LogP contribution in [-0.2, 0) is 23.9 Å². The quantitative estimate of drug-likeness (QED) is 0.263. The molecule has 2 atom stereocenters. The monoisotopic (exact) mass is 676 g/mol. The molecule has 49 heavy (non-hydrogen) atoms. The van der Waals surface area contributed by atoms with E-state index in [1.807, 2.05) is 30.3 Å². The van der Waals surface area contributed by atoms with Crippen molar-refractivity contribution in [3.63, 3.8) is 0 Å². The number of anilines is 2. The van der Waals surface area contributed by atoms with Crippen LogP contribution in [0.3, 0.4) is 0 Å². The molecule has 262 valence electrons. The molecule has 1 saturated carbocycles. The third-order valence-corrected chi connectivity index (χ3v) is 11.3. The van der Waals surface area contributed by atoms with E-state index in [0.29, 0.717) is 42.8 Å². The number of carbonyl (C=O) groups is 2. The zero-order chi connectivity index (χ0) is 34.1. The summed E-state index contributed by atoms with van der Waals surface area (Å²) in [5.74, 6) is 1.57. The number of fused-ring (bicyclic) bond motifs is 3. The van der Waals surface area contributed by atoms with E-state index in [4.69, 9.17) is 4.98 Å². The van der Waals surface area contributed by atoms with Gasteiger partial charge in [-0.25, -0.2) is 9.78 Å². The maximum Gasteiger partial charge on any atom is 0.416 e. The predicted molar refractivity (Wildman–Crippen MR) is 183 cm³/mol. The molecular weight excluding hydrogens is 629 g/mol. The van der Waals surface area contributed by atoms with Crippen molar-refractivity contribution in [3.05, 3.63) is 77.4 Å². The second-order valence-electron chi connectivity index (χ2n) is 14.4. The summed E-state index contributed by atoms with van der Waals surface area (Å²) in [4.78, 5) is 38.1. The Morgan fingerprint density at radius 2 is 1.61 bits per heavy atom. The van der Waals surface area contributed by atoms with Crippen LogP contribution in [-0.4, -0.2) is 63.0 Å². The number of alkyl halides is 3. The standard InChI is InChI=1S/C38H47F3N6O2/c1-26-42-34-25-44(36(48)27-9-4-2-5-10-27)22-19-35(34)47(26)33-23-31-17-18-32(24-33)45(31)20-8-21-46(30-11-6-3-7-12-30)37(49)43-29-15-13-28(14-16-29)38(39,40)41/h3,6-7,11-16,27,31-33H,2,4-5,8-10,17-25H2,1H3,(H,43,49)/t31-,32-/m1/s1. The number of piperidine rings is 1. The molecule has 2 bridgehead atoms. The summed E-state index contributed by atoms with van der Waals surface area (Å²) in [6, 6.07) is 14.9. The van der Waals surface area contributed by atoms with Gasteiger partial charge in [0.05, 0.1) is 17.8 Å². The van der Waals surface area contributed by atoms with Gasteiger partial charge in [0.15, 0.2) is 0 Å². The van der Waals surface area contributed by atoms with Crippen LogP contribution in [0.4, 0.5) is 29.3 Å². The Morgan fingerprint density at radius 1 is 0.918 bits per heavy atom. The molecule has 4 aliphatic rings. The first kappa shape index (κ1) is 33.6. The number of aromatic nitrogens is 2. The van der Waals surface area contributed by atoms with E-state index in [9.17, 15) is 22.8 Å². The van der Waals surface area contributed by atoms with E-state index < -0.39 is 11.7 Å². The Kier molecular flexibility index (Phi) is 9.72. The third kappa shape index (κ3) is 7.23. The van der Waals surface area contributed by atoms with Gasteiger partial charge in [0.2, 0.25) is 5.91 Å². The number of imidazole rings is 1. The van der Waals surface area contributed by atoms with Crippen LogP contribution in [0.25, 0.3) is 0 Å². The van der Waals surface area contributed by atoms with Crippen LogP contribution in [0.5, 0.6) is 0 Å². The van der Waals surface area contributed by atoms with E-state index in [1.54, 1.807) is 4.90 Å². The van der Waals surface area contributed by atoms with Crippen molar-refractivity contribution in [2.75, 3.05) is 29.9 Å². The van der Waals surface area contributed by atoms with Gasteiger partial charge in [0.25, 0.3) is 0 Å². The van der Waals surface area contributed by atoms with Crippen molar-refractivity contribution in [3.8, 4) is 0 Å². The average molecular weight is 677 g/mol. The smallest absolute Gasteiger partial charge is 0.336 e. The number of carbonyl (C=O) groups excluding carboxylic acids is 2. The lowest BCUT2D eigenvalue weighted by molar-refractivity contribution is -0.138. The van der Waals surface area contributed by atoms with Crippen molar-refractivity contribution in [2.24, 2.45) is 5.92 Å². The van der Waals surface area contributed by atoms with Gasteiger partial charge < -0.3 is 14.8 Å². The highest BCUT2D eigenvalue weighted by Gasteiger charge is 2.42. The summed E-state index contributed by atoms with van der Waals surface area (Å²) in [5, 5.41) is 2.79. The van der Waals surface area contributed by atoms with Crippen LogP contribution in [0.2, 0.25) is 0 Å². The highest BCUT2D eigenvalue weighted by Crippen LogP contribution is 2.43. The van der Waals surface area contributed by atoms with Crippen molar-refractivity contribution < 1.29 is 22.8 Å². The maximum absolute atomic E-state index is 13.4. The van der Waals surface area contributed by atoms with Gasteiger partial charge in [-0.05, 0) is 88.3 Å². The van der Waals surface area contributed by atoms with Crippen LogP contribution < -0.4 is 10.2 Å². The fourth-order valence-corrected chi connectivity index (χ4v) is 8.94. The Hall–Kier alpha value is -3.86. The number of aryl methyl sites for hydroxylation is 1. The first-order valence-electron chi connectivity index (χ1n) is 18.1. The number of rotatable bonds is 8. The lowest BCUT2D eigenvalue weighted by Crippen LogP contribution is -2.45. The molecule has 2 aromatic carbocycles. The van der Waals surface area contributed by atoms with Gasteiger partial charge in [-0.3, -0.25) is 14.6 Å². The highest BCUT2D eigenvalue weighted by atomic mass is 19.4. The molecule has 2 saturated heterocycles. The minimum absolute atomic E-state index is 0.187. The van der Waals surface area contributed by atoms with Crippen LogP contribution in [0.1, 0.15) is 93.0 Å². The molecule has 3 aromatic rings. The lowest BCUT2D eigenvalue weighted by Gasteiger charge is -2.41. The summed E-state index contributed by atoms with van der Waals surface area (Å²) in [7, 11) is 0. The molecule has 1 N–H and O–H groups in total. The zero-order valence-corrected chi connectivity index (χ0v) is 28.3. The topological polar surface area (TPSA) is 73.7 Å². The van der Waals surface area contributed by atoms with E-state index in [-0.39, 0.29) is 11.9 Å². The summed E-state index contributed by atoms with van der Waals surface area (Å²) >= 11 is 0. The van der Waals surface area contributed by atoms with E-state index >= 15 is 0 Å².